The summed E-state index contributed by atoms with van der Waals surface area (Å²) in [4.78, 5) is 2.63. The first-order chi connectivity index (χ1) is 9.72. The SMILES string of the molecule is CC1CN(CCc2ccc3c(c2)CCO3)C(C)CCN1. The molecule has 2 atom stereocenters. The first-order valence-electron chi connectivity index (χ1n) is 7.94. The van der Waals surface area contributed by atoms with Crippen LogP contribution in [0.15, 0.2) is 18.2 Å². The highest BCUT2D eigenvalue weighted by atomic mass is 16.5. The lowest BCUT2D eigenvalue weighted by Crippen LogP contribution is -2.39. The van der Waals surface area contributed by atoms with Gasteiger partial charge in [0.25, 0.3) is 0 Å². The Balaban J connectivity index is 1.60. The maximum atomic E-state index is 5.58. The number of nitrogens with zero attached hydrogens (tertiary/aromatic N) is 1. The third-order valence-electron chi connectivity index (χ3n) is 4.63. The quantitative estimate of drug-likeness (QED) is 0.915. The molecule has 0 aromatic heterocycles. The molecule has 2 aliphatic rings. The Labute approximate surface area is 122 Å². The van der Waals surface area contributed by atoms with Crippen LogP contribution in [0, 0.1) is 0 Å². The number of hydrogen-bond donors (Lipinski definition) is 1. The summed E-state index contributed by atoms with van der Waals surface area (Å²) in [6.07, 6.45) is 3.47. The molecule has 2 aliphatic heterocycles. The van der Waals surface area contributed by atoms with E-state index in [0.717, 1.165) is 44.8 Å². The summed E-state index contributed by atoms with van der Waals surface area (Å²) in [6.45, 7) is 8.97. The highest BCUT2D eigenvalue weighted by molar-refractivity contribution is 5.39. The van der Waals surface area contributed by atoms with Gasteiger partial charge in [0.15, 0.2) is 0 Å². The van der Waals surface area contributed by atoms with Crippen molar-refractivity contribution in [3.8, 4) is 5.75 Å². The molecule has 1 aromatic rings. The fourth-order valence-electron chi connectivity index (χ4n) is 3.30. The maximum absolute atomic E-state index is 5.58. The first kappa shape index (κ1) is 13.9. The van der Waals surface area contributed by atoms with Gasteiger partial charge in [0, 0.05) is 31.6 Å². The number of hydrogen-bond acceptors (Lipinski definition) is 3. The van der Waals surface area contributed by atoms with E-state index in [1.165, 1.54) is 17.5 Å². The summed E-state index contributed by atoms with van der Waals surface area (Å²) in [6, 6.07) is 8.01. The fraction of sp³-hybridized carbons (Fsp3) is 0.647. The van der Waals surface area contributed by atoms with Crippen LogP contribution in [0.3, 0.4) is 0 Å². The van der Waals surface area contributed by atoms with Crippen LogP contribution in [-0.2, 0) is 12.8 Å². The summed E-state index contributed by atoms with van der Waals surface area (Å²) < 4.78 is 5.58. The van der Waals surface area contributed by atoms with Crippen molar-refractivity contribution in [1.29, 1.82) is 0 Å². The molecule has 1 aromatic carbocycles. The Hall–Kier alpha value is -1.06. The molecule has 3 rings (SSSR count). The molecule has 0 radical (unpaired) electrons. The van der Waals surface area contributed by atoms with Gasteiger partial charge in [-0.25, -0.2) is 0 Å². The van der Waals surface area contributed by atoms with Crippen LogP contribution in [0.25, 0.3) is 0 Å². The van der Waals surface area contributed by atoms with E-state index in [-0.39, 0.29) is 0 Å². The van der Waals surface area contributed by atoms with Crippen LogP contribution in [0.1, 0.15) is 31.4 Å². The Morgan fingerprint density at radius 1 is 1.35 bits per heavy atom. The molecule has 0 spiro atoms. The minimum absolute atomic E-state index is 0.605. The summed E-state index contributed by atoms with van der Waals surface area (Å²) >= 11 is 0. The predicted octanol–water partition coefficient (Wildman–Crippen LogP) is 2.24. The van der Waals surface area contributed by atoms with Crippen LogP contribution >= 0.6 is 0 Å². The molecule has 0 aliphatic carbocycles. The van der Waals surface area contributed by atoms with E-state index >= 15 is 0 Å². The molecule has 3 heteroatoms. The standard InChI is InChI=1S/C17H26N2O/c1-13-12-19(14(2)5-8-18-13)9-6-15-3-4-17-16(11-15)7-10-20-17/h3-4,11,13-14,18H,5-10,12H2,1-2H3. The summed E-state index contributed by atoms with van der Waals surface area (Å²) in [5.74, 6) is 1.09. The third-order valence-corrected chi connectivity index (χ3v) is 4.63. The van der Waals surface area contributed by atoms with Gasteiger partial charge in [-0.3, -0.25) is 4.90 Å². The van der Waals surface area contributed by atoms with Gasteiger partial charge in [0.1, 0.15) is 5.75 Å². The van der Waals surface area contributed by atoms with E-state index in [2.05, 4.69) is 42.3 Å². The summed E-state index contributed by atoms with van der Waals surface area (Å²) in [7, 11) is 0. The topological polar surface area (TPSA) is 24.5 Å². The van der Waals surface area contributed by atoms with Gasteiger partial charge < -0.3 is 10.1 Å². The van der Waals surface area contributed by atoms with E-state index in [1.807, 2.05) is 0 Å². The van der Waals surface area contributed by atoms with Crippen molar-refractivity contribution in [2.45, 2.75) is 45.2 Å². The van der Waals surface area contributed by atoms with E-state index in [1.54, 1.807) is 0 Å². The molecule has 0 amide bonds. The molecule has 0 saturated carbocycles. The van der Waals surface area contributed by atoms with Crippen LogP contribution in [0.2, 0.25) is 0 Å². The van der Waals surface area contributed by atoms with Gasteiger partial charge in [-0.1, -0.05) is 12.1 Å². The van der Waals surface area contributed by atoms with Crippen LogP contribution in [-0.4, -0.2) is 43.2 Å². The molecule has 2 unspecified atom stereocenters. The number of rotatable bonds is 3. The van der Waals surface area contributed by atoms with Gasteiger partial charge in [0.2, 0.25) is 0 Å². The van der Waals surface area contributed by atoms with Gasteiger partial charge in [-0.05, 0) is 50.4 Å². The summed E-state index contributed by atoms with van der Waals surface area (Å²) in [5.41, 5.74) is 2.84. The zero-order chi connectivity index (χ0) is 13.9. The van der Waals surface area contributed by atoms with Gasteiger partial charge in [-0.2, -0.15) is 0 Å². The van der Waals surface area contributed by atoms with Crippen LogP contribution in [0.4, 0.5) is 0 Å². The predicted molar refractivity (Wildman–Crippen MR) is 82.5 cm³/mol. The van der Waals surface area contributed by atoms with Crippen molar-refractivity contribution in [2.75, 3.05) is 26.2 Å². The fourth-order valence-corrected chi connectivity index (χ4v) is 3.30. The lowest BCUT2D eigenvalue weighted by atomic mass is 10.1. The molecular formula is C17H26N2O. The largest absolute Gasteiger partial charge is 0.493 e. The third kappa shape index (κ3) is 3.15. The Kier molecular flexibility index (Phi) is 4.27. The second-order valence-electron chi connectivity index (χ2n) is 6.28. The van der Waals surface area contributed by atoms with Gasteiger partial charge in [-0.15, -0.1) is 0 Å². The Bertz CT molecular complexity index is 460. The number of benzene rings is 1. The monoisotopic (exact) mass is 274 g/mol. The smallest absolute Gasteiger partial charge is 0.122 e. The lowest BCUT2D eigenvalue weighted by molar-refractivity contribution is 0.210. The molecule has 3 nitrogen and oxygen atoms in total. The second kappa shape index (κ2) is 6.15. The molecule has 2 heterocycles. The van der Waals surface area contributed by atoms with Crippen molar-refractivity contribution < 1.29 is 4.74 Å². The van der Waals surface area contributed by atoms with Gasteiger partial charge in [0.05, 0.1) is 6.61 Å². The summed E-state index contributed by atoms with van der Waals surface area (Å²) in [5, 5.41) is 3.58. The normalized spacial score (nSPS) is 26.9. The highest BCUT2D eigenvalue weighted by Crippen LogP contribution is 2.26. The maximum Gasteiger partial charge on any atom is 0.122 e. The Morgan fingerprint density at radius 3 is 3.15 bits per heavy atom. The van der Waals surface area contributed by atoms with Crippen molar-refractivity contribution >= 4 is 0 Å². The highest BCUT2D eigenvalue weighted by Gasteiger charge is 2.20. The zero-order valence-corrected chi connectivity index (χ0v) is 12.7. The molecule has 1 fully saturated rings. The average Bonchev–Trinajstić information content (AvgIpc) is 2.84. The number of ether oxygens (including phenoxy) is 1. The number of nitrogens with one attached hydrogen (secondary N) is 1. The van der Waals surface area contributed by atoms with Gasteiger partial charge >= 0.3 is 0 Å². The van der Waals surface area contributed by atoms with E-state index in [9.17, 15) is 0 Å². The first-order valence-corrected chi connectivity index (χ1v) is 7.94. The molecular weight excluding hydrogens is 248 g/mol. The van der Waals surface area contributed by atoms with Crippen molar-refractivity contribution in [3.05, 3.63) is 29.3 Å². The van der Waals surface area contributed by atoms with E-state index < -0.39 is 0 Å². The Morgan fingerprint density at radius 2 is 2.25 bits per heavy atom. The zero-order valence-electron chi connectivity index (χ0n) is 12.7. The minimum atomic E-state index is 0.605. The molecule has 1 saturated heterocycles. The molecule has 110 valence electrons. The number of fused-ring (bicyclic) bond motifs is 1. The van der Waals surface area contributed by atoms with E-state index in [4.69, 9.17) is 4.74 Å². The lowest BCUT2D eigenvalue weighted by Gasteiger charge is -2.28. The van der Waals surface area contributed by atoms with Crippen LogP contribution < -0.4 is 10.1 Å². The average molecular weight is 274 g/mol. The van der Waals surface area contributed by atoms with Crippen molar-refractivity contribution in [3.63, 3.8) is 0 Å². The molecule has 0 bridgehead atoms. The molecule has 1 N–H and O–H groups in total. The van der Waals surface area contributed by atoms with Crippen LogP contribution in [0.5, 0.6) is 5.75 Å². The van der Waals surface area contributed by atoms with E-state index in [0.29, 0.717) is 12.1 Å². The minimum Gasteiger partial charge on any atom is -0.493 e. The molecule has 20 heavy (non-hydrogen) atoms. The second-order valence-corrected chi connectivity index (χ2v) is 6.28. The van der Waals surface area contributed by atoms with Crippen molar-refractivity contribution in [1.82, 2.24) is 10.2 Å². The van der Waals surface area contributed by atoms with Crippen molar-refractivity contribution in [2.24, 2.45) is 0 Å².